The molecule has 150 valence electrons. The highest BCUT2D eigenvalue weighted by molar-refractivity contribution is 7.80. The second-order valence-electron chi connectivity index (χ2n) is 5.77. The van der Waals surface area contributed by atoms with Gasteiger partial charge in [0.2, 0.25) is 5.75 Å². The second kappa shape index (κ2) is 9.80. The van der Waals surface area contributed by atoms with Gasteiger partial charge in [-0.15, -0.1) is 0 Å². The molecule has 0 saturated heterocycles. The molecule has 0 aliphatic carbocycles. The number of thiocarbonyl (C=S) groups is 1. The highest BCUT2D eigenvalue weighted by Crippen LogP contribution is 2.39. The Bertz CT molecular complexity index is 870. The fourth-order valence-corrected chi connectivity index (χ4v) is 2.93. The van der Waals surface area contributed by atoms with E-state index in [1.54, 1.807) is 39.5 Å². The maximum Gasteiger partial charge on any atom is 0.338 e. The van der Waals surface area contributed by atoms with Crippen molar-refractivity contribution in [3.8, 4) is 17.2 Å². The molecule has 8 heteroatoms. The van der Waals surface area contributed by atoms with Crippen LogP contribution >= 0.6 is 12.2 Å². The van der Waals surface area contributed by atoms with E-state index in [1.807, 2.05) is 19.1 Å². The van der Waals surface area contributed by atoms with Crippen LogP contribution in [0.15, 0.2) is 30.3 Å². The number of hydrogen-bond acceptors (Lipinski definition) is 6. The minimum absolute atomic E-state index is 0.393. The molecule has 28 heavy (non-hydrogen) atoms. The Kier molecular flexibility index (Phi) is 7.45. The van der Waals surface area contributed by atoms with Gasteiger partial charge in [-0.1, -0.05) is 6.07 Å². The van der Waals surface area contributed by atoms with Crippen molar-refractivity contribution in [2.75, 3.05) is 33.8 Å². The molecule has 2 rings (SSSR count). The van der Waals surface area contributed by atoms with Gasteiger partial charge < -0.3 is 29.6 Å². The number of anilines is 1. The number of methoxy groups -OCH3 is 4. The molecule has 2 N–H and O–H groups in total. The van der Waals surface area contributed by atoms with E-state index in [0.717, 1.165) is 16.8 Å². The summed E-state index contributed by atoms with van der Waals surface area (Å²) in [7, 11) is 6.05. The van der Waals surface area contributed by atoms with Crippen LogP contribution in [-0.4, -0.2) is 39.5 Å². The van der Waals surface area contributed by atoms with Crippen LogP contribution in [0.3, 0.4) is 0 Å². The van der Waals surface area contributed by atoms with Crippen LogP contribution in [0.4, 0.5) is 5.69 Å². The molecular weight excluding hydrogens is 380 g/mol. The molecule has 0 heterocycles. The average molecular weight is 404 g/mol. The Labute approximate surface area is 169 Å². The summed E-state index contributed by atoms with van der Waals surface area (Å²) in [5, 5.41) is 6.64. The van der Waals surface area contributed by atoms with Crippen molar-refractivity contribution in [3.63, 3.8) is 0 Å². The van der Waals surface area contributed by atoms with E-state index in [0.29, 0.717) is 34.5 Å². The van der Waals surface area contributed by atoms with Gasteiger partial charge >= 0.3 is 5.97 Å². The number of benzene rings is 2. The second-order valence-corrected chi connectivity index (χ2v) is 6.18. The summed E-state index contributed by atoms with van der Waals surface area (Å²) in [4.78, 5) is 11.8. The van der Waals surface area contributed by atoms with Crippen molar-refractivity contribution in [2.24, 2.45) is 0 Å². The van der Waals surface area contributed by atoms with Gasteiger partial charge in [0, 0.05) is 17.8 Å². The van der Waals surface area contributed by atoms with Gasteiger partial charge in [-0.25, -0.2) is 4.79 Å². The molecule has 0 spiro atoms. The summed E-state index contributed by atoms with van der Waals surface area (Å²) in [5.41, 5.74) is 2.81. The average Bonchev–Trinajstić information content (AvgIpc) is 2.72. The summed E-state index contributed by atoms with van der Waals surface area (Å²) < 4.78 is 21.0. The van der Waals surface area contributed by atoms with Crippen molar-refractivity contribution < 1.29 is 23.7 Å². The third-order valence-electron chi connectivity index (χ3n) is 4.21. The van der Waals surface area contributed by atoms with Crippen molar-refractivity contribution in [1.82, 2.24) is 5.32 Å². The van der Waals surface area contributed by atoms with Crippen LogP contribution in [-0.2, 0) is 11.3 Å². The first-order valence-electron chi connectivity index (χ1n) is 8.47. The number of ether oxygens (including phenoxy) is 4. The standard InChI is InChI=1S/C20H24N2O5S/c1-12-14(19(23)27-5)7-6-8-15(12)22-20(28)21-11-13-9-10-16(24-2)18(26-4)17(13)25-3/h6-10H,11H2,1-5H3,(H2,21,22,28). The van der Waals surface area contributed by atoms with Crippen molar-refractivity contribution in [2.45, 2.75) is 13.5 Å². The smallest absolute Gasteiger partial charge is 0.338 e. The quantitative estimate of drug-likeness (QED) is 0.538. The minimum atomic E-state index is -0.393. The van der Waals surface area contributed by atoms with E-state index in [9.17, 15) is 4.79 Å². The summed E-state index contributed by atoms with van der Waals surface area (Å²) in [6, 6.07) is 8.99. The largest absolute Gasteiger partial charge is 0.493 e. The van der Waals surface area contributed by atoms with E-state index in [4.69, 9.17) is 31.2 Å². The van der Waals surface area contributed by atoms with Crippen LogP contribution < -0.4 is 24.8 Å². The lowest BCUT2D eigenvalue weighted by atomic mass is 10.1. The molecule has 2 aromatic rings. The zero-order chi connectivity index (χ0) is 20.7. The number of carbonyl (C=O) groups excluding carboxylic acids is 1. The normalized spacial score (nSPS) is 10.0. The first kappa shape index (κ1) is 21.3. The molecule has 0 bridgehead atoms. The Morgan fingerprint density at radius 1 is 1.00 bits per heavy atom. The van der Waals surface area contributed by atoms with E-state index in [1.165, 1.54) is 7.11 Å². The molecule has 0 amide bonds. The Morgan fingerprint density at radius 3 is 2.32 bits per heavy atom. The molecule has 0 aliphatic rings. The van der Waals surface area contributed by atoms with E-state index >= 15 is 0 Å². The zero-order valence-corrected chi connectivity index (χ0v) is 17.4. The summed E-state index contributed by atoms with van der Waals surface area (Å²) in [6.45, 7) is 2.24. The Balaban J connectivity index is 2.13. The molecular formula is C20H24N2O5S. The number of carbonyl (C=O) groups is 1. The predicted octanol–water partition coefficient (Wildman–Crippen LogP) is 3.29. The fourth-order valence-electron chi connectivity index (χ4n) is 2.75. The van der Waals surface area contributed by atoms with E-state index < -0.39 is 5.97 Å². The number of esters is 1. The van der Waals surface area contributed by atoms with Gasteiger partial charge in [-0.3, -0.25) is 0 Å². The Morgan fingerprint density at radius 2 is 1.71 bits per heavy atom. The van der Waals surface area contributed by atoms with Crippen LogP contribution in [0.5, 0.6) is 17.2 Å². The van der Waals surface area contributed by atoms with Gasteiger partial charge in [0.25, 0.3) is 0 Å². The lowest BCUT2D eigenvalue weighted by molar-refractivity contribution is 0.0600. The number of rotatable bonds is 7. The van der Waals surface area contributed by atoms with Gasteiger partial charge in [0.05, 0.1) is 34.0 Å². The van der Waals surface area contributed by atoms with Crippen LogP contribution in [0.1, 0.15) is 21.5 Å². The molecule has 7 nitrogen and oxygen atoms in total. The minimum Gasteiger partial charge on any atom is -0.493 e. The van der Waals surface area contributed by atoms with Crippen molar-refractivity contribution in [3.05, 3.63) is 47.0 Å². The summed E-state index contributed by atoms with van der Waals surface area (Å²) in [6.07, 6.45) is 0. The predicted molar refractivity (Wildman–Crippen MR) is 112 cm³/mol. The molecule has 0 unspecified atom stereocenters. The van der Waals surface area contributed by atoms with E-state index in [-0.39, 0.29) is 0 Å². The molecule has 0 aliphatic heterocycles. The number of hydrogen-bond donors (Lipinski definition) is 2. The monoisotopic (exact) mass is 404 g/mol. The maximum absolute atomic E-state index is 11.8. The molecule has 0 saturated carbocycles. The lowest BCUT2D eigenvalue weighted by Crippen LogP contribution is -2.28. The van der Waals surface area contributed by atoms with Crippen LogP contribution in [0.25, 0.3) is 0 Å². The first-order valence-corrected chi connectivity index (χ1v) is 8.88. The van der Waals surface area contributed by atoms with Gasteiger partial charge in [-0.2, -0.15) is 0 Å². The van der Waals surface area contributed by atoms with Gasteiger partial charge in [-0.05, 0) is 49.0 Å². The summed E-state index contributed by atoms with van der Waals surface area (Å²) in [5.74, 6) is 1.28. The van der Waals surface area contributed by atoms with E-state index in [2.05, 4.69) is 10.6 Å². The van der Waals surface area contributed by atoms with Crippen molar-refractivity contribution >= 4 is 29.0 Å². The molecule has 0 radical (unpaired) electrons. The lowest BCUT2D eigenvalue weighted by Gasteiger charge is -2.17. The third kappa shape index (κ3) is 4.64. The van der Waals surface area contributed by atoms with Crippen LogP contribution in [0.2, 0.25) is 0 Å². The topological polar surface area (TPSA) is 78.1 Å². The Hall–Kier alpha value is -3.00. The summed E-state index contributed by atoms with van der Waals surface area (Å²) >= 11 is 5.39. The zero-order valence-electron chi connectivity index (χ0n) is 16.5. The highest BCUT2D eigenvalue weighted by atomic mass is 32.1. The first-order chi connectivity index (χ1) is 13.5. The molecule has 0 aromatic heterocycles. The maximum atomic E-state index is 11.8. The highest BCUT2D eigenvalue weighted by Gasteiger charge is 2.16. The molecule has 0 atom stereocenters. The van der Waals surface area contributed by atoms with Crippen molar-refractivity contribution in [1.29, 1.82) is 0 Å². The molecule has 2 aromatic carbocycles. The SMILES string of the molecule is COC(=O)c1cccc(NC(=S)NCc2ccc(OC)c(OC)c2OC)c1C. The van der Waals surface area contributed by atoms with Crippen LogP contribution in [0, 0.1) is 6.92 Å². The fraction of sp³-hybridized carbons (Fsp3) is 0.300. The third-order valence-corrected chi connectivity index (χ3v) is 4.46. The van der Waals surface area contributed by atoms with Gasteiger partial charge in [0.15, 0.2) is 16.6 Å². The number of nitrogens with one attached hydrogen (secondary N) is 2. The molecule has 0 fully saturated rings. The van der Waals surface area contributed by atoms with Gasteiger partial charge in [0.1, 0.15) is 0 Å².